The van der Waals surface area contributed by atoms with E-state index in [0.29, 0.717) is 24.7 Å². The summed E-state index contributed by atoms with van der Waals surface area (Å²) in [4.78, 5) is 24.2. The summed E-state index contributed by atoms with van der Waals surface area (Å²) in [6.07, 6.45) is 7.14. The molecule has 41 heavy (non-hydrogen) atoms. The molecule has 0 bridgehead atoms. The predicted molar refractivity (Wildman–Crippen MR) is 147 cm³/mol. The lowest BCUT2D eigenvalue weighted by Gasteiger charge is -2.63. The fraction of sp³-hybridized carbons (Fsp3) is 0.875. The molecule has 6 rings (SSSR count). The molecule has 230 valence electrons. The number of carbonyl (C=O) groups excluding carboxylic acids is 2. The number of aliphatic hydroxyl groups excluding tert-OH is 1. The molecule has 5 fully saturated rings. The molecule has 9 nitrogen and oxygen atoms in total. The number of hydrogen-bond donors (Lipinski definition) is 2. The first kappa shape index (κ1) is 29.5. The van der Waals surface area contributed by atoms with Gasteiger partial charge in [0.15, 0.2) is 6.29 Å². The molecular formula is C32H48O9. The van der Waals surface area contributed by atoms with Crippen molar-refractivity contribution in [2.24, 2.45) is 34.5 Å². The zero-order valence-corrected chi connectivity index (χ0v) is 25.2. The molecule has 9 heteroatoms. The number of aliphatic hydroxyl groups is 2. The second-order valence-electron chi connectivity index (χ2n) is 14.3. The Kier molecular flexibility index (Phi) is 7.62. The van der Waals surface area contributed by atoms with Gasteiger partial charge in [0.1, 0.15) is 18.8 Å². The molecule has 0 unspecified atom stereocenters. The highest BCUT2D eigenvalue weighted by Crippen LogP contribution is 2.70. The van der Waals surface area contributed by atoms with Crippen LogP contribution < -0.4 is 0 Å². The van der Waals surface area contributed by atoms with E-state index in [2.05, 4.69) is 13.8 Å². The van der Waals surface area contributed by atoms with E-state index in [1.165, 1.54) is 6.92 Å². The quantitative estimate of drug-likeness (QED) is 0.373. The fourth-order valence-corrected chi connectivity index (χ4v) is 10.4. The van der Waals surface area contributed by atoms with Gasteiger partial charge in [-0.2, -0.15) is 0 Å². The second-order valence-corrected chi connectivity index (χ2v) is 14.3. The number of esters is 2. The summed E-state index contributed by atoms with van der Waals surface area (Å²) >= 11 is 0. The molecule has 4 saturated carbocycles. The van der Waals surface area contributed by atoms with Gasteiger partial charge in [-0.15, -0.1) is 0 Å². The smallest absolute Gasteiger partial charge is 0.331 e. The van der Waals surface area contributed by atoms with E-state index in [9.17, 15) is 19.8 Å². The summed E-state index contributed by atoms with van der Waals surface area (Å²) in [5.41, 5.74) is -0.559. The monoisotopic (exact) mass is 576 g/mol. The molecule has 1 saturated heterocycles. The van der Waals surface area contributed by atoms with Crippen molar-refractivity contribution in [3.63, 3.8) is 0 Å². The van der Waals surface area contributed by atoms with Crippen molar-refractivity contribution in [3.05, 3.63) is 11.6 Å². The standard InChI is InChI=1S/C32H48O9/c1-17-29(35)24(37-5)14-27(39-17)41-21-8-10-30(3)20(13-21)6-7-23-22(30)9-11-31(4)28(19-12-26(34)38-16-19)25(40-18(2)33)15-32(23,31)36/h12,17,20-25,27-29,35-36H,6-11,13-16H2,1-5H3/t17-,20-,21-,22+,23-,24-,25+,27+,28+,29+,30-,31+,32-/m0/s1. The minimum Gasteiger partial charge on any atom is -0.462 e. The Hall–Kier alpha value is -1.52. The highest BCUT2D eigenvalue weighted by molar-refractivity contribution is 5.85. The summed E-state index contributed by atoms with van der Waals surface area (Å²) in [5, 5.41) is 23.0. The Morgan fingerprint density at radius 2 is 1.85 bits per heavy atom. The summed E-state index contributed by atoms with van der Waals surface area (Å²) in [6, 6.07) is 0. The molecule has 0 radical (unpaired) electrons. The van der Waals surface area contributed by atoms with Crippen molar-refractivity contribution in [1.29, 1.82) is 0 Å². The third kappa shape index (κ3) is 4.69. The average molecular weight is 577 g/mol. The minimum absolute atomic E-state index is 0.0898. The Bertz CT molecular complexity index is 1080. The van der Waals surface area contributed by atoms with Crippen molar-refractivity contribution >= 4 is 11.9 Å². The van der Waals surface area contributed by atoms with E-state index in [0.717, 1.165) is 50.5 Å². The summed E-state index contributed by atoms with van der Waals surface area (Å²) in [5.74, 6) is 0.0175. The average Bonchev–Trinajstić information content (AvgIpc) is 3.42. The number of rotatable bonds is 5. The summed E-state index contributed by atoms with van der Waals surface area (Å²) < 4.78 is 29.1. The molecule has 4 aliphatic carbocycles. The van der Waals surface area contributed by atoms with Crippen LogP contribution in [0, 0.1) is 34.5 Å². The van der Waals surface area contributed by atoms with Crippen LogP contribution in [-0.4, -0.2) is 78.3 Å². The molecule has 6 aliphatic rings. The lowest BCUT2D eigenvalue weighted by molar-refractivity contribution is -0.273. The molecule has 0 aromatic rings. The normalized spacial score (nSPS) is 51.2. The van der Waals surface area contributed by atoms with Gasteiger partial charge in [-0.05, 0) is 80.6 Å². The van der Waals surface area contributed by atoms with Crippen molar-refractivity contribution in [2.75, 3.05) is 13.7 Å². The number of methoxy groups -OCH3 is 1. The molecule has 2 N–H and O–H groups in total. The third-order valence-corrected chi connectivity index (χ3v) is 12.5. The van der Waals surface area contributed by atoms with Gasteiger partial charge in [-0.3, -0.25) is 4.79 Å². The first-order valence-corrected chi connectivity index (χ1v) is 15.7. The molecule has 2 heterocycles. The zero-order chi connectivity index (χ0) is 29.3. The molecule has 13 atom stereocenters. The van der Waals surface area contributed by atoms with Crippen LogP contribution in [0.2, 0.25) is 0 Å². The number of carbonyl (C=O) groups is 2. The van der Waals surface area contributed by atoms with Gasteiger partial charge in [0, 0.05) is 44.3 Å². The molecule has 2 aliphatic heterocycles. The van der Waals surface area contributed by atoms with Gasteiger partial charge in [0.2, 0.25) is 0 Å². The second kappa shape index (κ2) is 10.6. The molecule has 0 aromatic heterocycles. The number of ether oxygens (including phenoxy) is 5. The lowest BCUT2D eigenvalue weighted by Crippen LogP contribution is -2.62. The molecular weight excluding hydrogens is 528 g/mol. The first-order valence-electron chi connectivity index (χ1n) is 15.7. The van der Waals surface area contributed by atoms with E-state index in [1.807, 2.05) is 6.92 Å². The van der Waals surface area contributed by atoms with E-state index in [1.54, 1.807) is 13.2 Å². The van der Waals surface area contributed by atoms with Crippen LogP contribution in [0.4, 0.5) is 0 Å². The number of cyclic esters (lactones) is 1. The predicted octanol–water partition coefficient (Wildman–Crippen LogP) is 3.68. The molecule has 0 aromatic carbocycles. The highest BCUT2D eigenvalue weighted by atomic mass is 16.7. The Morgan fingerprint density at radius 3 is 2.54 bits per heavy atom. The number of fused-ring (bicyclic) bond motifs is 5. The molecule has 0 spiro atoms. The largest absolute Gasteiger partial charge is 0.462 e. The van der Waals surface area contributed by atoms with E-state index in [-0.39, 0.29) is 60.4 Å². The van der Waals surface area contributed by atoms with Crippen LogP contribution >= 0.6 is 0 Å². The Morgan fingerprint density at radius 1 is 1.07 bits per heavy atom. The third-order valence-electron chi connectivity index (χ3n) is 12.5. The van der Waals surface area contributed by atoms with E-state index in [4.69, 9.17) is 23.7 Å². The van der Waals surface area contributed by atoms with Crippen molar-refractivity contribution < 1.29 is 43.5 Å². The van der Waals surface area contributed by atoms with Crippen LogP contribution in [-0.2, 0) is 33.3 Å². The van der Waals surface area contributed by atoms with Gasteiger partial charge < -0.3 is 33.9 Å². The van der Waals surface area contributed by atoms with Gasteiger partial charge in [0.25, 0.3) is 0 Å². The van der Waals surface area contributed by atoms with Crippen LogP contribution in [0.3, 0.4) is 0 Å². The van der Waals surface area contributed by atoms with Crippen LogP contribution in [0.1, 0.15) is 85.5 Å². The minimum atomic E-state index is -0.990. The fourth-order valence-electron chi connectivity index (χ4n) is 10.4. The van der Waals surface area contributed by atoms with Crippen molar-refractivity contribution in [3.8, 4) is 0 Å². The number of hydrogen-bond acceptors (Lipinski definition) is 9. The van der Waals surface area contributed by atoms with Crippen molar-refractivity contribution in [1.82, 2.24) is 0 Å². The van der Waals surface area contributed by atoms with Crippen molar-refractivity contribution in [2.45, 2.75) is 128 Å². The van der Waals surface area contributed by atoms with E-state index >= 15 is 0 Å². The summed E-state index contributed by atoms with van der Waals surface area (Å²) in [7, 11) is 1.62. The lowest BCUT2D eigenvalue weighted by atomic mass is 9.43. The Labute approximate surface area is 243 Å². The van der Waals surface area contributed by atoms with Crippen LogP contribution in [0.5, 0.6) is 0 Å². The summed E-state index contributed by atoms with van der Waals surface area (Å²) in [6.45, 7) is 8.06. The first-order chi connectivity index (χ1) is 19.4. The zero-order valence-electron chi connectivity index (χ0n) is 25.2. The van der Waals surface area contributed by atoms with Crippen LogP contribution in [0.15, 0.2) is 11.6 Å². The van der Waals surface area contributed by atoms with Gasteiger partial charge in [-0.1, -0.05) is 13.8 Å². The highest BCUT2D eigenvalue weighted by Gasteiger charge is 2.71. The van der Waals surface area contributed by atoms with Gasteiger partial charge >= 0.3 is 11.9 Å². The maximum atomic E-state index is 12.7. The Balaban J connectivity index is 1.19. The van der Waals surface area contributed by atoms with E-state index < -0.39 is 23.2 Å². The maximum Gasteiger partial charge on any atom is 0.331 e. The maximum absolute atomic E-state index is 12.7. The van der Waals surface area contributed by atoms with Gasteiger partial charge in [-0.25, -0.2) is 4.79 Å². The van der Waals surface area contributed by atoms with Crippen LogP contribution in [0.25, 0.3) is 0 Å². The topological polar surface area (TPSA) is 121 Å². The SMILES string of the molecule is CO[C@H]1C[C@@H](O[C@H]2CC[C@@]3(C)[C@@H](CC[C@H]4[C@H]3CC[C@]3(C)[C@H](C5=CC(=O)OC5)[C@H](OC(C)=O)C[C@]43O)C2)O[C@@H](C)[C@H]1O. The molecule has 0 amide bonds. The van der Waals surface area contributed by atoms with Gasteiger partial charge in [0.05, 0.1) is 23.9 Å².